The minimum atomic E-state index is 0. The molecule has 0 bridgehead atoms. The molecule has 4 N–H and O–H groups in total. The summed E-state index contributed by atoms with van der Waals surface area (Å²) in [6.07, 6.45) is 1.48. The number of hydrogen-bond acceptors (Lipinski definition) is 4. The number of nitrogens with zero attached hydrogens (tertiary/aromatic N) is 3. The fraction of sp³-hybridized carbons (Fsp3) is 0.0455. The van der Waals surface area contributed by atoms with Gasteiger partial charge in [-0.1, -0.05) is 42.5 Å². The number of halogens is 1. The lowest BCUT2D eigenvalue weighted by molar-refractivity contribution is 0.483. The molecule has 0 unspecified atom stereocenters. The van der Waals surface area contributed by atoms with Crippen LogP contribution in [-0.4, -0.2) is 21.1 Å². The van der Waals surface area contributed by atoms with Gasteiger partial charge >= 0.3 is 0 Å². The number of ether oxygens (including phenoxy) is 1. The Hall–Kier alpha value is -3.40. The van der Waals surface area contributed by atoms with Crippen molar-refractivity contribution in [1.29, 1.82) is 0 Å². The molecule has 0 spiro atoms. The fourth-order valence-electron chi connectivity index (χ4n) is 2.79. The van der Waals surface area contributed by atoms with Crippen LogP contribution in [0.1, 0.15) is 5.56 Å². The van der Waals surface area contributed by atoms with Crippen LogP contribution in [0.15, 0.2) is 90.2 Å². The first-order valence-corrected chi connectivity index (χ1v) is 9.11. The second-order valence-electron chi connectivity index (χ2n) is 6.30. The highest BCUT2D eigenvalue weighted by molar-refractivity contribution is 14.0. The molecule has 0 radical (unpaired) electrons. The Labute approximate surface area is 191 Å². The summed E-state index contributed by atoms with van der Waals surface area (Å²) in [6.45, 7) is 0.445. The van der Waals surface area contributed by atoms with E-state index < -0.39 is 0 Å². The van der Waals surface area contributed by atoms with Crippen LogP contribution in [0.4, 0.5) is 5.69 Å². The van der Waals surface area contributed by atoms with Gasteiger partial charge in [0.1, 0.15) is 17.8 Å². The molecule has 0 atom stereocenters. The highest BCUT2D eigenvalue weighted by Crippen LogP contribution is 2.23. The molecule has 1 aromatic heterocycles. The monoisotopic (exact) mass is 512 g/mol. The number of nitrogens with two attached hydrogens (primary N) is 1. The standard InChI is InChI=1S/C22H20N6O.HI/c23-22(24-14-16-6-4-7-17(12-16)21-25-15-26-28-21)27-18-8-5-11-20(13-18)29-19-9-2-1-3-10-19;/h1-13,15H,14H2,(H3,23,24,27)(H,25,26,28);1H. The third-order valence-electron chi connectivity index (χ3n) is 4.13. The maximum absolute atomic E-state index is 6.06. The summed E-state index contributed by atoms with van der Waals surface area (Å²) in [4.78, 5) is 8.59. The Balaban J connectivity index is 0.00000256. The first-order valence-electron chi connectivity index (χ1n) is 9.11. The summed E-state index contributed by atoms with van der Waals surface area (Å²) in [5.74, 6) is 2.54. The van der Waals surface area contributed by atoms with Crippen molar-refractivity contribution in [3.05, 3.63) is 90.8 Å². The SMILES string of the molecule is I.NC(=NCc1cccc(-c2ncn[nH]2)c1)Nc1cccc(Oc2ccccc2)c1. The van der Waals surface area contributed by atoms with E-state index in [0.29, 0.717) is 18.3 Å². The molecule has 0 amide bonds. The van der Waals surface area contributed by atoms with Crippen LogP contribution in [0.3, 0.4) is 0 Å². The number of nitrogens with one attached hydrogen (secondary N) is 2. The number of anilines is 1. The van der Waals surface area contributed by atoms with Crippen LogP contribution in [0.2, 0.25) is 0 Å². The highest BCUT2D eigenvalue weighted by Gasteiger charge is 2.03. The number of aromatic nitrogens is 3. The first-order chi connectivity index (χ1) is 14.3. The number of aromatic amines is 1. The van der Waals surface area contributed by atoms with Crippen molar-refractivity contribution >= 4 is 35.6 Å². The van der Waals surface area contributed by atoms with E-state index in [9.17, 15) is 0 Å². The van der Waals surface area contributed by atoms with Gasteiger partial charge in [-0.05, 0) is 35.9 Å². The molecule has 7 nitrogen and oxygen atoms in total. The van der Waals surface area contributed by atoms with Gasteiger partial charge < -0.3 is 15.8 Å². The Kier molecular flexibility index (Phi) is 7.39. The van der Waals surface area contributed by atoms with Gasteiger partial charge in [0.05, 0.1) is 6.54 Å². The molecule has 0 aliphatic heterocycles. The minimum absolute atomic E-state index is 0. The lowest BCUT2D eigenvalue weighted by atomic mass is 10.1. The number of hydrogen-bond donors (Lipinski definition) is 3. The summed E-state index contributed by atoms with van der Waals surface area (Å²) in [5.41, 5.74) is 8.83. The van der Waals surface area contributed by atoms with Crippen LogP contribution in [-0.2, 0) is 6.54 Å². The normalized spacial score (nSPS) is 10.9. The average Bonchev–Trinajstić information content (AvgIpc) is 3.29. The Morgan fingerprint density at radius 3 is 2.57 bits per heavy atom. The van der Waals surface area contributed by atoms with E-state index >= 15 is 0 Å². The second kappa shape index (κ2) is 10.4. The predicted molar refractivity (Wildman–Crippen MR) is 129 cm³/mol. The third-order valence-corrected chi connectivity index (χ3v) is 4.13. The van der Waals surface area contributed by atoms with Gasteiger partial charge in [0.2, 0.25) is 0 Å². The Morgan fingerprint density at radius 1 is 0.967 bits per heavy atom. The molecular weight excluding hydrogens is 491 g/mol. The van der Waals surface area contributed by atoms with Crippen LogP contribution >= 0.6 is 24.0 Å². The van der Waals surface area contributed by atoms with Crippen LogP contribution in [0.5, 0.6) is 11.5 Å². The molecule has 0 fully saturated rings. The van der Waals surface area contributed by atoms with Crippen LogP contribution in [0.25, 0.3) is 11.4 Å². The first kappa shape index (κ1) is 21.3. The second-order valence-corrected chi connectivity index (χ2v) is 6.30. The molecule has 0 aliphatic rings. The smallest absolute Gasteiger partial charge is 0.193 e. The predicted octanol–water partition coefficient (Wildman–Crippen LogP) is 4.81. The van der Waals surface area contributed by atoms with E-state index in [4.69, 9.17) is 10.5 Å². The quantitative estimate of drug-likeness (QED) is 0.196. The molecule has 0 aliphatic carbocycles. The van der Waals surface area contributed by atoms with Gasteiger partial charge in [0, 0.05) is 17.3 Å². The molecule has 4 aromatic rings. The zero-order valence-electron chi connectivity index (χ0n) is 16.0. The Morgan fingerprint density at radius 2 is 1.77 bits per heavy atom. The fourth-order valence-corrected chi connectivity index (χ4v) is 2.79. The zero-order valence-corrected chi connectivity index (χ0v) is 18.4. The van der Waals surface area contributed by atoms with Gasteiger partial charge in [-0.15, -0.1) is 24.0 Å². The lowest BCUT2D eigenvalue weighted by Gasteiger charge is -2.09. The van der Waals surface area contributed by atoms with Crippen molar-refractivity contribution in [2.45, 2.75) is 6.54 Å². The van der Waals surface area contributed by atoms with E-state index in [0.717, 1.165) is 28.4 Å². The maximum Gasteiger partial charge on any atom is 0.193 e. The molecule has 0 saturated carbocycles. The topological polar surface area (TPSA) is 101 Å². The number of aliphatic imine (C=N–C) groups is 1. The third kappa shape index (κ3) is 5.80. The van der Waals surface area contributed by atoms with Gasteiger partial charge in [-0.2, -0.15) is 5.10 Å². The van der Waals surface area contributed by atoms with Crippen LogP contribution in [0, 0.1) is 0 Å². The van der Waals surface area contributed by atoms with Gasteiger partial charge in [-0.3, -0.25) is 5.10 Å². The van der Waals surface area contributed by atoms with Crippen molar-refractivity contribution in [2.24, 2.45) is 10.7 Å². The molecule has 8 heteroatoms. The van der Waals surface area contributed by atoms with E-state index in [1.807, 2.05) is 78.9 Å². The van der Waals surface area contributed by atoms with Gasteiger partial charge in [0.15, 0.2) is 11.8 Å². The number of guanidine groups is 1. The molecule has 3 aromatic carbocycles. The molecule has 1 heterocycles. The van der Waals surface area contributed by atoms with E-state index in [2.05, 4.69) is 25.5 Å². The lowest BCUT2D eigenvalue weighted by Crippen LogP contribution is -2.22. The number of rotatable bonds is 6. The number of benzene rings is 3. The molecular formula is C22H21IN6O. The summed E-state index contributed by atoms with van der Waals surface area (Å²) in [7, 11) is 0. The van der Waals surface area contributed by atoms with Crippen molar-refractivity contribution < 1.29 is 4.74 Å². The van der Waals surface area contributed by atoms with Crippen molar-refractivity contribution in [3.63, 3.8) is 0 Å². The van der Waals surface area contributed by atoms with E-state index in [1.54, 1.807) is 0 Å². The van der Waals surface area contributed by atoms with Gasteiger partial charge in [0.25, 0.3) is 0 Å². The van der Waals surface area contributed by atoms with Gasteiger partial charge in [-0.25, -0.2) is 9.98 Å². The summed E-state index contributed by atoms with van der Waals surface area (Å²) < 4.78 is 5.84. The average molecular weight is 512 g/mol. The minimum Gasteiger partial charge on any atom is -0.457 e. The van der Waals surface area contributed by atoms with E-state index in [-0.39, 0.29) is 24.0 Å². The van der Waals surface area contributed by atoms with Crippen molar-refractivity contribution in [2.75, 3.05) is 5.32 Å². The number of H-pyrrole nitrogens is 1. The molecule has 4 rings (SSSR count). The summed E-state index contributed by atoms with van der Waals surface area (Å²) in [6, 6.07) is 25.1. The Bertz CT molecular complexity index is 1100. The van der Waals surface area contributed by atoms with Crippen molar-refractivity contribution in [3.8, 4) is 22.9 Å². The zero-order chi connectivity index (χ0) is 19.9. The molecule has 30 heavy (non-hydrogen) atoms. The molecule has 152 valence electrons. The van der Waals surface area contributed by atoms with Crippen LogP contribution < -0.4 is 15.8 Å². The van der Waals surface area contributed by atoms with E-state index in [1.165, 1.54) is 6.33 Å². The maximum atomic E-state index is 6.06. The summed E-state index contributed by atoms with van der Waals surface area (Å²) >= 11 is 0. The molecule has 0 saturated heterocycles. The summed E-state index contributed by atoms with van der Waals surface area (Å²) in [5, 5.41) is 9.83. The highest BCUT2D eigenvalue weighted by atomic mass is 127. The van der Waals surface area contributed by atoms with Crippen molar-refractivity contribution in [1.82, 2.24) is 15.2 Å². The number of para-hydroxylation sites is 1. The largest absolute Gasteiger partial charge is 0.457 e.